The lowest BCUT2D eigenvalue weighted by atomic mass is 10.0. The Balaban J connectivity index is 1.21. The first-order valence-corrected chi connectivity index (χ1v) is 12.2. The van der Waals surface area contributed by atoms with Gasteiger partial charge < -0.3 is 10.1 Å². The summed E-state index contributed by atoms with van der Waals surface area (Å²) in [5.41, 5.74) is 8.80. The summed E-state index contributed by atoms with van der Waals surface area (Å²) in [5.74, 6) is 3.28. The van der Waals surface area contributed by atoms with Gasteiger partial charge in [-0.25, -0.2) is 10.9 Å². The largest absolute Gasteiger partial charge is 0.489 e. The van der Waals surface area contributed by atoms with Gasteiger partial charge in [0.25, 0.3) is 0 Å². The van der Waals surface area contributed by atoms with E-state index < -0.39 is 0 Å². The van der Waals surface area contributed by atoms with E-state index in [1.165, 1.54) is 22.6 Å². The minimum Gasteiger partial charge on any atom is -0.489 e. The standard InChI is InChI=1S/C24H32N4O2S/c1-18(30-21-9-5-6-19(14-21)17-28-10-12-31-13-11-28)16-25-24(29)23-15-22(26-27-23)20-7-3-2-4-8-20/h2-9,14,18,22-23,26-27H,10-13,15-17H2,1H3,(H,25,29). The van der Waals surface area contributed by atoms with Crippen LogP contribution in [0.2, 0.25) is 0 Å². The quantitative estimate of drug-likeness (QED) is 0.587. The summed E-state index contributed by atoms with van der Waals surface area (Å²) >= 11 is 2.03. The topological polar surface area (TPSA) is 65.6 Å². The van der Waals surface area contributed by atoms with Crippen molar-refractivity contribution < 1.29 is 9.53 Å². The maximum Gasteiger partial charge on any atom is 0.238 e. The summed E-state index contributed by atoms with van der Waals surface area (Å²) < 4.78 is 6.07. The third-order valence-corrected chi connectivity index (χ3v) is 6.67. The monoisotopic (exact) mass is 440 g/mol. The SMILES string of the molecule is CC(CNC(=O)C1CC(c2ccccc2)NN1)Oc1cccc(CN2CCSCC2)c1. The van der Waals surface area contributed by atoms with Crippen molar-refractivity contribution in [2.24, 2.45) is 0 Å². The van der Waals surface area contributed by atoms with Crippen LogP contribution in [0.25, 0.3) is 0 Å². The second kappa shape index (κ2) is 11.0. The number of carbonyl (C=O) groups excluding carboxylic acids is 1. The third-order valence-electron chi connectivity index (χ3n) is 5.73. The molecule has 2 aromatic rings. The van der Waals surface area contributed by atoms with Gasteiger partial charge in [0.2, 0.25) is 5.91 Å². The minimum absolute atomic E-state index is 0.00176. The number of ether oxygens (including phenoxy) is 1. The molecule has 7 heteroatoms. The highest BCUT2D eigenvalue weighted by atomic mass is 32.2. The Labute approximate surface area is 189 Å². The van der Waals surface area contributed by atoms with Gasteiger partial charge in [-0.2, -0.15) is 11.8 Å². The number of nitrogens with zero attached hydrogens (tertiary/aromatic N) is 1. The van der Waals surface area contributed by atoms with Crippen molar-refractivity contribution >= 4 is 17.7 Å². The van der Waals surface area contributed by atoms with E-state index in [1.54, 1.807) is 0 Å². The maximum atomic E-state index is 12.6. The number of amides is 1. The van der Waals surface area contributed by atoms with Crippen LogP contribution in [0.5, 0.6) is 5.75 Å². The molecule has 166 valence electrons. The van der Waals surface area contributed by atoms with E-state index in [4.69, 9.17) is 4.74 Å². The van der Waals surface area contributed by atoms with Crippen LogP contribution < -0.4 is 20.9 Å². The van der Waals surface area contributed by atoms with E-state index in [-0.39, 0.29) is 24.1 Å². The molecule has 31 heavy (non-hydrogen) atoms. The average Bonchev–Trinajstić information content (AvgIpc) is 3.30. The zero-order chi connectivity index (χ0) is 21.5. The van der Waals surface area contributed by atoms with Gasteiger partial charge in [0.05, 0.1) is 6.54 Å². The van der Waals surface area contributed by atoms with Crippen LogP contribution in [0.4, 0.5) is 0 Å². The Hall–Kier alpha value is -2.06. The lowest BCUT2D eigenvalue weighted by Crippen LogP contribution is -2.45. The molecule has 0 aliphatic carbocycles. The number of thioether (sulfide) groups is 1. The van der Waals surface area contributed by atoms with Crippen molar-refractivity contribution in [3.8, 4) is 5.75 Å². The lowest BCUT2D eigenvalue weighted by molar-refractivity contribution is -0.123. The smallest absolute Gasteiger partial charge is 0.238 e. The molecule has 0 bridgehead atoms. The number of rotatable bonds is 8. The molecule has 2 aromatic carbocycles. The van der Waals surface area contributed by atoms with Crippen LogP contribution in [-0.4, -0.2) is 54.1 Å². The molecule has 2 heterocycles. The van der Waals surface area contributed by atoms with Crippen molar-refractivity contribution in [3.05, 3.63) is 65.7 Å². The third kappa shape index (κ3) is 6.46. The zero-order valence-electron chi connectivity index (χ0n) is 18.0. The van der Waals surface area contributed by atoms with E-state index in [0.717, 1.165) is 31.8 Å². The molecule has 0 radical (unpaired) electrons. The Morgan fingerprint density at radius 2 is 1.97 bits per heavy atom. The van der Waals surface area contributed by atoms with Gasteiger partial charge in [-0.3, -0.25) is 9.69 Å². The molecule has 2 aliphatic heterocycles. The van der Waals surface area contributed by atoms with Gasteiger partial charge in [0, 0.05) is 37.2 Å². The van der Waals surface area contributed by atoms with Crippen molar-refractivity contribution in [3.63, 3.8) is 0 Å². The van der Waals surface area contributed by atoms with Crippen LogP contribution in [-0.2, 0) is 11.3 Å². The highest BCUT2D eigenvalue weighted by molar-refractivity contribution is 7.99. The summed E-state index contributed by atoms with van der Waals surface area (Å²) in [6.07, 6.45) is 0.618. The number of hydrogen-bond donors (Lipinski definition) is 3. The molecule has 1 amide bonds. The fourth-order valence-corrected chi connectivity index (χ4v) is 4.99. The van der Waals surface area contributed by atoms with E-state index >= 15 is 0 Å². The lowest BCUT2D eigenvalue weighted by Gasteiger charge is -2.26. The number of carbonyl (C=O) groups is 1. The summed E-state index contributed by atoms with van der Waals surface area (Å²) in [4.78, 5) is 15.1. The van der Waals surface area contributed by atoms with E-state index in [1.807, 2.05) is 49.0 Å². The number of hydrazine groups is 1. The van der Waals surface area contributed by atoms with Gasteiger partial charge in [-0.15, -0.1) is 0 Å². The number of nitrogens with one attached hydrogen (secondary N) is 3. The van der Waals surface area contributed by atoms with Crippen molar-refractivity contribution in [1.29, 1.82) is 0 Å². The molecule has 4 rings (SSSR count). The molecule has 3 N–H and O–H groups in total. The number of hydrogen-bond acceptors (Lipinski definition) is 6. The minimum atomic E-state index is -0.247. The molecular formula is C24H32N4O2S. The molecule has 3 unspecified atom stereocenters. The molecule has 3 atom stereocenters. The van der Waals surface area contributed by atoms with Gasteiger partial charge in [0.1, 0.15) is 17.9 Å². The Kier molecular flexibility index (Phi) is 7.86. The normalized spacial score (nSPS) is 22.7. The molecular weight excluding hydrogens is 408 g/mol. The first-order chi connectivity index (χ1) is 15.2. The Morgan fingerprint density at radius 1 is 1.16 bits per heavy atom. The summed E-state index contributed by atoms with van der Waals surface area (Å²) in [7, 11) is 0. The van der Waals surface area contributed by atoms with Crippen molar-refractivity contribution in [2.45, 2.75) is 38.1 Å². The average molecular weight is 441 g/mol. The van der Waals surface area contributed by atoms with Crippen molar-refractivity contribution in [1.82, 2.24) is 21.1 Å². The van der Waals surface area contributed by atoms with Gasteiger partial charge in [-0.1, -0.05) is 42.5 Å². The molecule has 2 fully saturated rings. The molecule has 0 aromatic heterocycles. The zero-order valence-corrected chi connectivity index (χ0v) is 18.9. The van der Waals surface area contributed by atoms with Crippen LogP contribution >= 0.6 is 11.8 Å². The maximum absolute atomic E-state index is 12.6. The predicted octanol–water partition coefficient (Wildman–Crippen LogP) is 2.73. The van der Waals surface area contributed by atoms with Crippen LogP contribution in [0.3, 0.4) is 0 Å². The van der Waals surface area contributed by atoms with Crippen LogP contribution in [0.15, 0.2) is 54.6 Å². The van der Waals surface area contributed by atoms with E-state index in [9.17, 15) is 4.79 Å². The highest BCUT2D eigenvalue weighted by Crippen LogP contribution is 2.22. The first kappa shape index (κ1) is 22.1. The van der Waals surface area contributed by atoms with Crippen LogP contribution in [0.1, 0.15) is 30.5 Å². The van der Waals surface area contributed by atoms with Crippen LogP contribution in [0, 0.1) is 0 Å². The second-order valence-electron chi connectivity index (χ2n) is 8.25. The Bertz CT molecular complexity index is 844. The fraction of sp³-hybridized carbons (Fsp3) is 0.458. The highest BCUT2D eigenvalue weighted by Gasteiger charge is 2.30. The van der Waals surface area contributed by atoms with Gasteiger partial charge in [-0.05, 0) is 36.6 Å². The molecule has 6 nitrogen and oxygen atoms in total. The van der Waals surface area contributed by atoms with E-state index in [2.05, 4.69) is 45.3 Å². The predicted molar refractivity (Wildman–Crippen MR) is 126 cm³/mol. The summed E-state index contributed by atoms with van der Waals surface area (Å²) in [6, 6.07) is 18.4. The van der Waals surface area contributed by atoms with E-state index in [0.29, 0.717) is 6.54 Å². The molecule has 0 saturated carbocycles. The first-order valence-electron chi connectivity index (χ1n) is 11.1. The van der Waals surface area contributed by atoms with Gasteiger partial charge >= 0.3 is 0 Å². The molecule has 0 spiro atoms. The summed E-state index contributed by atoms with van der Waals surface area (Å²) in [5, 5.41) is 3.02. The fourth-order valence-electron chi connectivity index (χ4n) is 4.01. The molecule has 2 saturated heterocycles. The molecule has 2 aliphatic rings. The number of benzene rings is 2. The summed E-state index contributed by atoms with van der Waals surface area (Å²) in [6.45, 7) is 5.72. The van der Waals surface area contributed by atoms with Gasteiger partial charge in [0.15, 0.2) is 0 Å². The Morgan fingerprint density at radius 3 is 2.77 bits per heavy atom. The second-order valence-corrected chi connectivity index (χ2v) is 9.47. The van der Waals surface area contributed by atoms with Crippen molar-refractivity contribution in [2.75, 3.05) is 31.1 Å².